The molecule has 0 aromatic heterocycles. The third-order valence-electron chi connectivity index (χ3n) is 4.48. The monoisotopic (exact) mass is 394 g/mol. The zero-order chi connectivity index (χ0) is 20.3. The van der Waals surface area contributed by atoms with Crippen LogP contribution in [-0.2, 0) is 19.0 Å². The predicted octanol–water partition coefficient (Wildman–Crippen LogP) is -4.77. The van der Waals surface area contributed by atoms with Crippen molar-refractivity contribution in [1.29, 1.82) is 0 Å². The molecule has 12 nitrogen and oxygen atoms in total. The number of rotatable bonds is 5. The van der Waals surface area contributed by atoms with E-state index in [2.05, 4.69) is 5.32 Å². The molecule has 0 saturated carbocycles. The summed E-state index contributed by atoms with van der Waals surface area (Å²) in [5, 5.41) is 60.9. The summed E-state index contributed by atoms with van der Waals surface area (Å²) in [5.41, 5.74) is 5.76. The Labute approximate surface area is 154 Å². The molecule has 9 atom stereocenters. The molecule has 0 bridgehead atoms. The van der Waals surface area contributed by atoms with Gasteiger partial charge in [0.15, 0.2) is 18.2 Å². The van der Waals surface area contributed by atoms with Gasteiger partial charge in [-0.1, -0.05) is 0 Å². The lowest BCUT2D eigenvalue weighted by molar-refractivity contribution is -0.255. The fourth-order valence-electron chi connectivity index (χ4n) is 2.96. The highest BCUT2D eigenvalue weighted by Crippen LogP contribution is 2.26. The zero-order valence-electron chi connectivity index (χ0n) is 14.6. The molecule has 0 aromatic carbocycles. The van der Waals surface area contributed by atoms with Gasteiger partial charge in [0.25, 0.3) is 0 Å². The molecule has 1 amide bonds. The van der Waals surface area contributed by atoms with Crippen molar-refractivity contribution in [1.82, 2.24) is 5.32 Å². The molecule has 0 aromatic rings. The van der Waals surface area contributed by atoms with Crippen molar-refractivity contribution in [3.63, 3.8) is 0 Å². The average Bonchev–Trinajstić information content (AvgIpc) is 2.63. The number of carbonyl (C=O) groups excluding carboxylic acids is 1. The molecule has 2 saturated heterocycles. The maximum absolute atomic E-state index is 11.2. The van der Waals surface area contributed by atoms with Gasteiger partial charge in [-0.05, 0) is 0 Å². The topological polar surface area (TPSA) is 204 Å². The summed E-state index contributed by atoms with van der Waals surface area (Å²) >= 11 is 0. The summed E-state index contributed by atoms with van der Waals surface area (Å²) in [7, 11) is 0. The van der Waals surface area contributed by atoms with Crippen molar-refractivity contribution >= 4 is 5.91 Å². The number of nitrogens with two attached hydrogens (primary N) is 1. The number of aliphatic hydroxyl groups excluding tert-OH is 6. The fraction of sp³-hybridized carbons (Fsp3) is 0.800. The van der Waals surface area contributed by atoms with Crippen LogP contribution >= 0.6 is 0 Å². The first-order valence-corrected chi connectivity index (χ1v) is 8.35. The van der Waals surface area contributed by atoms with Crippen molar-refractivity contribution in [3.05, 3.63) is 12.0 Å². The molecule has 156 valence electrons. The molecule has 2 fully saturated rings. The second-order valence-electron chi connectivity index (χ2n) is 6.43. The van der Waals surface area contributed by atoms with Gasteiger partial charge in [0.2, 0.25) is 5.91 Å². The van der Waals surface area contributed by atoms with Crippen molar-refractivity contribution in [2.45, 2.75) is 61.9 Å². The number of hydrogen-bond donors (Lipinski definition) is 8. The minimum atomic E-state index is -1.57. The molecule has 12 heteroatoms. The molecule has 3 unspecified atom stereocenters. The molecule has 27 heavy (non-hydrogen) atoms. The highest BCUT2D eigenvalue weighted by Gasteiger charge is 2.46. The minimum Gasteiger partial charge on any atom is -0.489 e. The lowest BCUT2D eigenvalue weighted by Crippen LogP contribution is -2.64. The lowest BCUT2D eigenvalue weighted by Gasteiger charge is -2.42. The van der Waals surface area contributed by atoms with Crippen LogP contribution in [0.3, 0.4) is 0 Å². The van der Waals surface area contributed by atoms with Crippen molar-refractivity contribution < 1.29 is 49.6 Å². The lowest BCUT2D eigenvalue weighted by atomic mass is 9.96. The summed E-state index contributed by atoms with van der Waals surface area (Å²) in [6.45, 7) is -0.0121. The van der Waals surface area contributed by atoms with Crippen LogP contribution in [0.25, 0.3) is 0 Å². The molecule has 2 rings (SSSR count). The Hall–Kier alpha value is -1.51. The molecular weight excluding hydrogens is 368 g/mol. The van der Waals surface area contributed by atoms with Gasteiger partial charge in [0.1, 0.15) is 42.8 Å². The molecule has 0 spiro atoms. The molecular formula is C15H26N2O10. The molecule has 9 N–H and O–H groups in total. The number of amides is 1. The Bertz CT molecular complexity index is 545. The Balaban J connectivity index is 2.17. The summed E-state index contributed by atoms with van der Waals surface area (Å²) in [6.07, 6.45) is -8.41. The maximum atomic E-state index is 11.2. The first-order chi connectivity index (χ1) is 12.7. The zero-order valence-corrected chi connectivity index (χ0v) is 14.6. The van der Waals surface area contributed by atoms with Crippen LogP contribution in [-0.4, -0.2) is 105 Å². The van der Waals surface area contributed by atoms with Crippen LogP contribution in [0.2, 0.25) is 0 Å². The third-order valence-corrected chi connectivity index (χ3v) is 4.48. The van der Waals surface area contributed by atoms with Crippen molar-refractivity contribution in [2.75, 3.05) is 13.2 Å². The van der Waals surface area contributed by atoms with E-state index in [-0.39, 0.29) is 5.76 Å². The van der Waals surface area contributed by atoms with Crippen molar-refractivity contribution in [3.8, 4) is 0 Å². The summed E-state index contributed by atoms with van der Waals surface area (Å²) in [5.74, 6) is -0.639. The van der Waals surface area contributed by atoms with E-state index in [4.69, 9.17) is 19.9 Å². The number of carbonyl (C=O) groups is 1. The molecule has 2 aliphatic rings. The summed E-state index contributed by atoms with van der Waals surface area (Å²) < 4.78 is 15.8. The fourth-order valence-corrected chi connectivity index (χ4v) is 2.96. The molecule has 0 aliphatic carbocycles. The SMILES string of the molecule is CC(=O)N[C@@H]1C(O)[C@@H](O/C=C2\OC(CO)[C@@H](O)C(O)[C@@H]2N)[C@@H](CO)O[C@@H]1O. The van der Waals surface area contributed by atoms with Gasteiger partial charge in [-0.25, -0.2) is 0 Å². The van der Waals surface area contributed by atoms with Crippen molar-refractivity contribution in [2.24, 2.45) is 5.73 Å². The molecule has 0 radical (unpaired) electrons. The smallest absolute Gasteiger partial charge is 0.217 e. The maximum Gasteiger partial charge on any atom is 0.217 e. The largest absolute Gasteiger partial charge is 0.489 e. The number of aliphatic hydroxyl groups is 6. The van der Waals surface area contributed by atoms with E-state index in [1.54, 1.807) is 0 Å². The van der Waals surface area contributed by atoms with Gasteiger partial charge in [0.05, 0.1) is 19.3 Å². The van der Waals surface area contributed by atoms with Gasteiger partial charge < -0.3 is 55.9 Å². The van der Waals surface area contributed by atoms with Crippen LogP contribution in [0.1, 0.15) is 6.92 Å². The normalized spacial score (nSPS) is 43.9. The van der Waals surface area contributed by atoms with E-state index in [9.17, 15) is 35.4 Å². The Morgan fingerprint density at radius 2 is 1.78 bits per heavy atom. The third kappa shape index (κ3) is 4.67. The Morgan fingerprint density at radius 3 is 2.33 bits per heavy atom. The van der Waals surface area contributed by atoms with Crippen LogP contribution in [0.15, 0.2) is 12.0 Å². The first-order valence-electron chi connectivity index (χ1n) is 8.35. The van der Waals surface area contributed by atoms with Crippen LogP contribution in [0.4, 0.5) is 0 Å². The molecule has 2 heterocycles. The van der Waals surface area contributed by atoms with E-state index in [1.807, 2.05) is 0 Å². The number of ether oxygens (including phenoxy) is 3. The van der Waals surface area contributed by atoms with Gasteiger partial charge >= 0.3 is 0 Å². The Kier molecular flexibility index (Phi) is 7.36. The van der Waals surface area contributed by atoms with Gasteiger partial charge in [-0.2, -0.15) is 0 Å². The quantitative estimate of drug-likeness (QED) is 0.208. The minimum absolute atomic E-state index is 0.113. The van der Waals surface area contributed by atoms with E-state index < -0.39 is 74.1 Å². The number of hydrogen-bond acceptors (Lipinski definition) is 11. The van der Waals surface area contributed by atoms with Crippen LogP contribution in [0, 0.1) is 0 Å². The van der Waals surface area contributed by atoms with Gasteiger partial charge in [-0.15, -0.1) is 0 Å². The number of nitrogens with one attached hydrogen (secondary N) is 1. The summed E-state index contributed by atoms with van der Waals surface area (Å²) in [6, 6.07) is -2.39. The van der Waals surface area contributed by atoms with E-state index >= 15 is 0 Å². The van der Waals surface area contributed by atoms with E-state index in [0.717, 1.165) is 6.26 Å². The van der Waals surface area contributed by atoms with Crippen LogP contribution < -0.4 is 11.1 Å². The predicted molar refractivity (Wildman–Crippen MR) is 86.5 cm³/mol. The summed E-state index contributed by atoms with van der Waals surface area (Å²) in [4.78, 5) is 11.2. The van der Waals surface area contributed by atoms with Crippen LogP contribution in [0.5, 0.6) is 0 Å². The standard InChI is InChI=1S/C15H26N2O10/c1-5(20)17-10-13(23)14(7(3-19)27-15(10)24)25-4-8-9(16)12(22)11(21)6(2-18)26-8/h4,6-7,9-15,18-19,21-24H,2-3,16H2,1H3,(H,17,20)/b8-4-/t6?,7-,9-,10-,11-,12?,13?,14+,15+/m1/s1. The highest BCUT2D eigenvalue weighted by molar-refractivity contribution is 5.73. The molecule has 2 aliphatic heterocycles. The second-order valence-corrected chi connectivity index (χ2v) is 6.43. The average molecular weight is 394 g/mol. The van der Waals surface area contributed by atoms with E-state index in [1.165, 1.54) is 6.92 Å². The first kappa shape index (κ1) is 21.8. The van der Waals surface area contributed by atoms with Gasteiger partial charge in [0, 0.05) is 6.92 Å². The van der Waals surface area contributed by atoms with Gasteiger partial charge in [-0.3, -0.25) is 4.79 Å². The second kappa shape index (κ2) is 9.12. The van der Waals surface area contributed by atoms with E-state index in [0.29, 0.717) is 0 Å². The Morgan fingerprint density at radius 1 is 1.15 bits per heavy atom. The highest BCUT2D eigenvalue weighted by atomic mass is 16.6.